The van der Waals surface area contributed by atoms with Gasteiger partial charge in [-0.1, -0.05) is 17.4 Å². The molecule has 5 aromatic heterocycles. The van der Waals surface area contributed by atoms with Gasteiger partial charge >= 0.3 is 0 Å². The summed E-state index contributed by atoms with van der Waals surface area (Å²) >= 11 is 1.69. The maximum Gasteiger partial charge on any atom is 0.234 e. The topological polar surface area (TPSA) is 167 Å². The van der Waals surface area contributed by atoms with Gasteiger partial charge < -0.3 is 19.9 Å². The summed E-state index contributed by atoms with van der Waals surface area (Å²) in [5, 5.41) is 31.6. The van der Waals surface area contributed by atoms with Gasteiger partial charge in [-0.25, -0.2) is 9.50 Å². The number of carbonyl (C=O) groups is 2. The number of imide groups is 1. The maximum atomic E-state index is 12.3. The fraction of sp³-hybridized carbons (Fsp3) is 0.488. The lowest BCUT2D eigenvalue weighted by molar-refractivity contribution is -0.134. The molecule has 0 bridgehead atoms. The smallest absolute Gasteiger partial charge is 0.234 e. The van der Waals surface area contributed by atoms with Crippen LogP contribution >= 0.6 is 11.3 Å². The third-order valence-corrected chi connectivity index (χ3v) is 13.7. The van der Waals surface area contributed by atoms with Crippen molar-refractivity contribution >= 4 is 40.2 Å². The fourth-order valence-electron chi connectivity index (χ4n) is 9.18. The van der Waals surface area contributed by atoms with E-state index in [0.717, 1.165) is 134 Å². The Hall–Kier alpha value is -5.30. The molecule has 1 atom stereocenters. The third kappa shape index (κ3) is 8.18. The molecule has 1 saturated carbocycles. The number of amides is 2. The zero-order valence-electron chi connectivity index (χ0n) is 32.8. The van der Waals surface area contributed by atoms with Gasteiger partial charge in [0.25, 0.3) is 0 Å². The predicted octanol–water partition coefficient (Wildman–Crippen LogP) is 6.17. The molecule has 2 amide bonds. The third-order valence-electron chi connectivity index (χ3n) is 12.6. The van der Waals surface area contributed by atoms with E-state index in [9.17, 15) is 14.9 Å². The molecule has 300 valence electrons. The lowest BCUT2D eigenvalue weighted by Crippen LogP contribution is -2.42. The SMILES string of the molecule is CN(CC1CCN(c2ccc([C@@H]3CCC(=O)NC3=O)cn2)CC1)[C@H]1CC[C@H](c2nnc(-c3cnc(-c4ccc5cc(C#N)cnn45)cc3NC3CCOCC3)s2)CC1. The first-order valence-electron chi connectivity index (χ1n) is 20.7. The van der Waals surface area contributed by atoms with Gasteiger partial charge in [0.15, 0.2) is 5.01 Å². The Morgan fingerprint density at radius 2 is 1.78 bits per heavy atom. The minimum absolute atomic E-state index is 0.194. The second-order valence-corrected chi connectivity index (χ2v) is 17.3. The summed E-state index contributed by atoms with van der Waals surface area (Å²) in [7, 11) is 2.30. The predicted molar refractivity (Wildman–Crippen MR) is 221 cm³/mol. The zero-order valence-corrected chi connectivity index (χ0v) is 33.7. The molecule has 5 aromatic rings. The summed E-state index contributed by atoms with van der Waals surface area (Å²) in [4.78, 5) is 38.4. The quantitative estimate of drug-likeness (QED) is 0.155. The summed E-state index contributed by atoms with van der Waals surface area (Å²) in [5.74, 6) is 1.30. The van der Waals surface area contributed by atoms with Crippen molar-refractivity contribution in [3.8, 4) is 28.0 Å². The van der Waals surface area contributed by atoms with E-state index in [1.54, 1.807) is 17.5 Å². The average molecular weight is 800 g/mol. The van der Waals surface area contributed by atoms with E-state index in [1.165, 1.54) is 0 Å². The molecule has 1 aliphatic carbocycles. The van der Waals surface area contributed by atoms with Crippen molar-refractivity contribution in [3.05, 3.63) is 71.1 Å². The number of anilines is 2. The van der Waals surface area contributed by atoms with E-state index in [1.807, 2.05) is 47.2 Å². The van der Waals surface area contributed by atoms with Crippen molar-refractivity contribution in [1.29, 1.82) is 5.26 Å². The number of ether oxygens (including phenoxy) is 1. The Morgan fingerprint density at radius 1 is 0.948 bits per heavy atom. The van der Waals surface area contributed by atoms with Gasteiger partial charge in [-0.2, -0.15) is 10.4 Å². The van der Waals surface area contributed by atoms with Crippen molar-refractivity contribution in [3.63, 3.8) is 0 Å². The number of carbonyl (C=O) groups excluding carboxylic acids is 2. The van der Waals surface area contributed by atoms with E-state index in [2.05, 4.69) is 44.7 Å². The van der Waals surface area contributed by atoms with Crippen LogP contribution in [0.2, 0.25) is 0 Å². The molecule has 14 nitrogen and oxygen atoms in total. The summed E-state index contributed by atoms with van der Waals surface area (Å²) in [6, 6.07) is 14.9. The molecule has 3 aliphatic heterocycles. The molecule has 3 saturated heterocycles. The van der Waals surface area contributed by atoms with Crippen LogP contribution in [0.4, 0.5) is 11.5 Å². The summed E-state index contributed by atoms with van der Waals surface area (Å²) in [6.07, 6.45) is 14.9. The number of fused-ring (bicyclic) bond motifs is 1. The molecule has 0 unspecified atom stereocenters. The Bertz CT molecular complexity index is 2300. The van der Waals surface area contributed by atoms with Crippen LogP contribution in [0.3, 0.4) is 0 Å². The van der Waals surface area contributed by atoms with E-state index >= 15 is 0 Å². The molecule has 0 aromatic carbocycles. The number of hydrogen-bond acceptors (Lipinski definition) is 13. The highest BCUT2D eigenvalue weighted by molar-refractivity contribution is 7.14. The largest absolute Gasteiger partial charge is 0.381 e. The van der Waals surface area contributed by atoms with Gasteiger partial charge in [0, 0.05) is 75.4 Å². The van der Waals surface area contributed by atoms with Crippen molar-refractivity contribution in [2.45, 2.75) is 88.1 Å². The normalized spacial score (nSPS) is 22.3. The molecule has 8 heterocycles. The Labute approximate surface area is 342 Å². The van der Waals surface area contributed by atoms with Crippen LogP contribution in [0.1, 0.15) is 92.2 Å². The molecular formula is C43H49N11O3S. The monoisotopic (exact) mass is 799 g/mol. The molecule has 9 rings (SSSR count). The van der Waals surface area contributed by atoms with E-state index in [-0.39, 0.29) is 17.7 Å². The lowest BCUT2D eigenvalue weighted by atomic mass is 9.85. The molecule has 4 fully saturated rings. The van der Waals surface area contributed by atoms with Gasteiger partial charge in [0.05, 0.1) is 40.1 Å². The number of pyridine rings is 2. The number of aromatic nitrogens is 6. The van der Waals surface area contributed by atoms with Crippen LogP contribution in [-0.2, 0) is 14.3 Å². The lowest BCUT2D eigenvalue weighted by Gasteiger charge is -2.38. The highest BCUT2D eigenvalue weighted by Gasteiger charge is 2.31. The maximum absolute atomic E-state index is 12.3. The Kier molecular flexibility index (Phi) is 11.1. The number of rotatable bonds is 10. The first kappa shape index (κ1) is 38.2. The Balaban J connectivity index is 0.800. The molecular weight excluding hydrogens is 751 g/mol. The molecule has 4 aliphatic rings. The number of nitrogens with one attached hydrogen (secondary N) is 2. The van der Waals surface area contributed by atoms with Crippen LogP contribution in [0.25, 0.3) is 27.5 Å². The van der Waals surface area contributed by atoms with Gasteiger partial charge in [0.1, 0.15) is 16.9 Å². The van der Waals surface area contributed by atoms with Crippen LogP contribution in [0.5, 0.6) is 0 Å². The van der Waals surface area contributed by atoms with Crippen molar-refractivity contribution in [1.82, 2.24) is 40.0 Å². The minimum atomic E-state index is -0.302. The number of hydrogen-bond donors (Lipinski definition) is 2. The van der Waals surface area contributed by atoms with Crippen LogP contribution in [0.15, 0.2) is 55.0 Å². The van der Waals surface area contributed by atoms with Crippen molar-refractivity contribution < 1.29 is 14.3 Å². The van der Waals surface area contributed by atoms with Crippen LogP contribution < -0.4 is 15.5 Å². The summed E-state index contributed by atoms with van der Waals surface area (Å²) in [5.41, 5.74) is 5.85. The van der Waals surface area contributed by atoms with Gasteiger partial charge in [-0.3, -0.25) is 19.9 Å². The molecule has 2 N–H and O–H groups in total. The van der Waals surface area contributed by atoms with E-state index < -0.39 is 0 Å². The molecule has 58 heavy (non-hydrogen) atoms. The fourth-order valence-corrected chi connectivity index (χ4v) is 10.2. The number of piperidine rings is 2. The van der Waals surface area contributed by atoms with Crippen molar-refractivity contribution in [2.75, 3.05) is 50.1 Å². The number of nitriles is 1. The average Bonchev–Trinajstić information content (AvgIpc) is 3.93. The second kappa shape index (κ2) is 16.9. The van der Waals surface area contributed by atoms with Gasteiger partial charge in [-0.05, 0) is 107 Å². The number of nitrogens with zero attached hydrogens (tertiary/aromatic N) is 9. The van der Waals surface area contributed by atoms with E-state index in [4.69, 9.17) is 24.9 Å². The van der Waals surface area contributed by atoms with Crippen LogP contribution in [-0.4, -0.2) is 98.5 Å². The first-order valence-corrected chi connectivity index (χ1v) is 21.5. The molecule has 0 radical (unpaired) electrons. The highest BCUT2D eigenvalue weighted by atomic mass is 32.1. The van der Waals surface area contributed by atoms with Gasteiger partial charge in [-0.15, -0.1) is 10.2 Å². The highest BCUT2D eigenvalue weighted by Crippen LogP contribution is 2.40. The standard InChI is InChI=1S/C43H49N11O3S/c1-52(26-27-12-16-53(17-13-27)39-10-4-30(24-46-39)34-8-11-40(55)49-41(34)56)32-5-2-29(3-6-32)42-50-51-43(58-42)35-25-45-37(21-36(35)48-31-14-18-57-19-15-31)38-9-7-33-20-28(22-44)23-47-54(33)38/h4,7,9-10,20-21,23-25,27,29,31-32,34H,2-3,5-6,8,11-19,26H2,1H3,(H,45,48)(H,49,55,56)/t29-,32-,34-/m0/s1. The summed E-state index contributed by atoms with van der Waals surface area (Å²) < 4.78 is 7.47. The van der Waals surface area contributed by atoms with Crippen LogP contribution in [0, 0.1) is 17.2 Å². The van der Waals surface area contributed by atoms with Crippen molar-refractivity contribution in [2.24, 2.45) is 5.92 Å². The molecule has 0 spiro atoms. The zero-order chi connectivity index (χ0) is 39.6. The van der Waals surface area contributed by atoms with E-state index in [0.29, 0.717) is 42.3 Å². The van der Waals surface area contributed by atoms with Gasteiger partial charge in [0.2, 0.25) is 11.8 Å². The Morgan fingerprint density at radius 3 is 2.53 bits per heavy atom. The second-order valence-electron chi connectivity index (χ2n) is 16.3. The first-order chi connectivity index (χ1) is 28.4. The molecule has 15 heteroatoms. The summed E-state index contributed by atoms with van der Waals surface area (Å²) in [6.45, 7) is 4.54. The minimum Gasteiger partial charge on any atom is -0.381 e.